The molecule has 1 atom stereocenters. The molecule has 3 N–H and O–H groups in total. The highest BCUT2D eigenvalue weighted by Crippen LogP contribution is 2.37. The number of pyridine rings is 1. The van der Waals surface area contributed by atoms with Crippen molar-refractivity contribution in [3.8, 4) is 0 Å². The molecular formula is C15H18ClFN4O. The minimum absolute atomic E-state index is 0.368. The van der Waals surface area contributed by atoms with Gasteiger partial charge in [0.15, 0.2) is 0 Å². The van der Waals surface area contributed by atoms with Crippen molar-refractivity contribution < 1.29 is 9.13 Å². The van der Waals surface area contributed by atoms with Crippen LogP contribution in [0.4, 0.5) is 4.39 Å². The molecule has 0 saturated carbocycles. The standard InChI is InChI=1S/C15H18ClFN4O/c1-15(21-4-6-22-7-5-21)11(8-13(18)14(16)20-15)10-2-3-19-9-12(10)17/h2-3,8-9,20H,4-7,18H2,1H3. The molecule has 2 aliphatic rings. The molecule has 0 bridgehead atoms. The Hall–Kier alpha value is -1.63. The van der Waals surface area contributed by atoms with Gasteiger partial charge < -0.3 is 15.8 Å². The number of nitrogens with zero attached hydrogens (tertiary/aromatic N) is 2. The summed E-state index contributed by atoms with van der Waals surface area (Å²) < 4.78 is 19.7. The van der Waals surface area contributed by atoms with Crippen LogP contribution < -0.4 is 11.1 Å². The van der Waals surface area contributed by atoms with Gasteiger partial charge in [0.1, 0.15) is 16.6 Å². The third-order valence-electron chi connectivity index (χ3n) is 4.14. The molecule has 0 amide bonds. The fourth-order valence-corrected chi connectivity index (χ4v) is 3.14. The maximum Gasteiger partial charge on any atom is 0.149 e. The van der Waals surface area contributed by atoms with Crippen LogP contribution in [0.5, 0.6) is 0 Å². The minimum atomic E-state index is -0.661. The van der Waals surface area contributed by atoms with E-state index in [2.05, 4.69) is 15.2 Å². The van der Waals surface area contributed by atoms with E-state index >= 15 is 0 Å². The van der Waals surface area contributed by atoms with Crippen LogP contribution in [-0.2, 0) is 4.74 Å². The number of rotatable bonds is 2. The molecule has 1 fully saturated rings. The number of hydrogen-bond acceptors (Lipinski definition) is 5. The third kappa shape index (κ3) is 2.58. The van der Waals surface area contributed by atoms with Crippen LogP contribution in [0.3, 0.4) is 0 Å². The van der Waals surface area contributed by atoms with E-state index in [1.807, 2.05) is 6.92 Å². The van der Waals surface area contributed by atoms with Crippen molar-refractivity contribution in [2.45, 2.75) is 12.6 Å². The predicted molar refractivity (Wildman–Crippen MR) is 83.2 cm³/mol. The van der Waals surface area contributed by atoms with E-state index in [-0.39, 0.29) is 5.82 Å². The van der Waals surface area contributed by atoms with Crippen LogP contribution in [0.25, 0.3) is 5.57 Å². The topological polar surface area (TPSA) is 63.4 Å². The van der Waals surface area contributed by atoms with E-state index in [0.717, 1.165) is 18.7 Å². The highest BCUT2D eigenvalue weighted by atomic mass is 35.5. The number of allylic oxidation sites excluding steroid dienone is 1. The summed E-state index contributed by atoms with van der Waals surface area (Å²) in [4.78, 5) is 5.99. The van der Waals surface area contributed by atoms with Gasteiger partial charge in [-0.25, -0.2) is 4.39 Å². The van der Waals surface area contributed by atoms with Crippen molar-refractivity contribution in [2.24, 2.45) is 5.73 Å². The van der Waals surface area contributed by atoms with Gasteiger partial charge in [0.2, 0.25) is 0 Å². The molecule has 0 aromatic carbocycles. The van der Waals surface area contributed by atoms with Gasteiger partial charge >= 0.3 is 0 Å². The molecule has 1 unspecified atom stereocenters. The summed E-state index contributed by atoms with van der Waals surface area (Å²) in [5, 5.41) is 3.59. The molecule has 5 nitrogen and oxygen atoms in total. The average molecular weight is 325 g/mol. The molecule has 118 valence electrons. The highest BCUT2D eigenvalue weighted by molar-refractivity contribution is 6.30. The molecular weight excluding hydrogens is 307 g/mol. The Balaban J connectivity index is 2.08. The molecule has 3 rings (SSSR count). The Morgan fingerprint density at radius 3 is 2.86 bits per heavy atom. The van der Waals surface area contributed by atoms with Crippen LogP contribution in [0, 0.1) is 5.82 Å². The maximum absolute atomic E-state index is 14.2. The molecule has 3 heterocycles. The third-order valence-corrected chi connectivity index (χ3v) is 4.45. The number of ether oxygens (including phenoxy) is 1. The lowest BCUT2D eigenvalue weighted by Gasteiger charge is -2.47. The first kappa shape index (κ1) is 15.3. The van der Waals surface area contributed by atoms with Crippen LogP contribution in [-0.4, -0.2) is 41.9 Å². The van der Waals surface area contributed by atoms with Crippen molar-refractivity contribution in [3.63, 3.8) is 0 Å². The van der Waals surface area contributed by atoms with Gasteiger partial charge in [0, 0.05) is 30.4 Å². The Morgan fingerprint density at radius 2 is 2.18 bits per heavy atom. The van der Waals surface area contributed by atoms with Crippen molar-refractivity contribution in [3.05, 3.63) is 46.8 Å². The second-order valence-corrected chi connectivity index (χ2v) is 5.86. The van der Waals surface area contributed by atoms with E-state index in [1.165, 1.54) is 6.20 Å². The Morgan fingerprint density at radius 1 is 1.45 bits per heavy atom. The lowest BCUT2D eigenvalue weighted by atomic mass is 9.89. The number of halogens is 2. The van der Waals surface area contributed by atoms with Gasteiger partial charge in [-0.3, -0.25) is 9.88 Å². The van der Waals surface area contributed by atoms with Gasteiger partial charge in [0.25, 0.3) is 0 Å². The molecule has 0 spiro atoms. The summed E-state index contributed by atoms with van der Waals surface area (Å²) in [6, 6.07) is 1.65. The monoisotopic (exact) mass is 324 g/mol. The molecule has 1 aromatic rings. The van der Waals surface area contributed by atoms with Crippen LogP contribution >= 0.6 is 11.6 Å². The Bertz CT molecular complexity index is 642. The van der Waals surface area contributed by atoms with Crippen molar-refractivity contribution in [1.29, 1.82) is 0 Å². The summed E-state index contributed by atoms with van der Waals surface area (Å²) in [6.07, 6.45) is 4.49. The van der Waals surface area contributed by atoms with Gasteiger partial charge in [0.05, 0.1) is 25.1 Å². The Labute approximate surface area is 133 Å². The SMILES string of the molecule is CC1(N2CCOCC2)NC(Cl)=C(N)C=C1c1ccncc1F. The number of nitrogens with one attached hydrogen (secondary N) is 1. The largest absolute Gasteiger partial charge is 0.396 e. The van der Waals surface area contributed by atoms with Gasteiger partial charge in [-0.15, -0.1) is 0 Å². The lowest BCUT2D eigenvalue weighted by molar-refractivity contribution is -0.00442. The summed E-state index contributed by atoms with van der Waals surface area (Å²) in [7, 11) is 0. The zero-order chi connectivity index (χ0) is 15.7. The van der Waals surface area contributed by atoms with Gasteiger partial charge in [-0.1, -0.05) is 11.6 Å². The predicted octanol–water partition coefficient (Wildman–Crippen LogP) is 1.62. The minimum Gasteiger partial charge on any atom is -0.396 e. The van der Waals surface area contributed by atoms with Gasteiger partial charge in [-0.2, -0.15) is 0 Å². The molecule has 7 heteroatoms. The van der Waals surface area contributed by atoms with Crippen molar-refractivity contribution in [1.82, 2.24) is 15.2 Å². The smallest absolute Gasteiger partial charge is 0.149 e. The Kier molecular flexibility index (Phi) is 4.08. The number of aromatic nitrogens is 1. The van der Waals surface area contributed by atoms with Gasteiger partial charge in [-0.05, 0) is 19.1 Å². The van der Waals surface area contributed by atoms with E-state index in [4.69, 9.17) is 22.1 Å². The maximum atomic E-state index is 14.2. The second kappa shape index (κ2) is 5.87. The van der Waals surface area contributed by atoms with Crippen LogP contribution in [0.15, 0.2) is 35.4 Å². The normalized spacial score (nSPS) is 26.6. The zero-order valence-electron chi connectivity index (χ0n) is 12.3. The first-order valence-corrected chi connectivity index (χ1v) is 7.48. The number of dihydropyridines is 1. The molecule has 0 aliphatic carbocycles. The summed E-state index contributed by atoms with van der Waals surface area (Å²) >= 11 is 6.20. The highest BCUT2D eigenvalue weighted by Gasteiger charge is 2.40. The first-order valence-electron chi connectivity index (χ1n) is 7.10. The lowest BCUT2D eigenvalue weighted by Crippen LogP contribution is -2.61. The zero-order valence-corrected chi connectivity index (χ0v) is 13.0. The van der Waals surface area contributed by atoms with E-state index in [0.29, 0.717) is 29.6 Å². The number of morpholine rings is 1. The summed E-state index contributed by atoms with van der Waals surface area (Å²) in [5.74, 6) is -0.388. The van der Waals surface area contributed by atoms with Crippen LogP contribution in [0.2, 0.25) is 0 Å². The fourth-order valence-electron chi connectivity index (χ4n) is 2.91. The quantitative estimate of drug-likeness (QED) is 0.810. The average Bonchev–Trinajstić information content (AvgIpc) is 2.53. The molecule has 1 saturated heterocycles. The van der Waals surface area contributed by atoms with Crippen molar-refractivity contribution in [2.75, 3.05) is 26.3 Å². The van der Waals surface area contributed by atoms with Crippen molar-refractivity contribution >= 4 is 17.2 Å². The van der Waals surface area contributed by atoms with E-state index in [1.54, 1.807) is 18.3 Å². The van der Waals surface area contributed by atoms with E-state index < -0.39 is 5.66 Å². The first-order chi connectivity index (χ1) is 10.5. The molecule has 2 aliphatic heterocycles. The van der Waals surface area contributed by atoms with E-state index in [9.17, 15) is 4.39 Å². The number of nitrogens with two attached hydrogens (primary N) is 1. The fraction of sp³-hybridized carbons (Fsp3) is 0.400. The van der Waals surface area contributed by atoms with Crippen LogP contribution in [0.1, 0.15) is 12.5 Å². The summed E-state index contributed by atoms with van der Waals surface area (Å²) in [5.41, 5.74) is 6.86. The molecule has 22 heavy (non-hydrogen) atoms. The molecule has 0 radical (unpaired) electrons. The molecule has 1 aromatic heterocycles. The summed E-state index contributed by atoms with van der Waals surface area (Å²) in [6.45, 7) is 4.66. The second-order valence-electron chi connectivity index (χ2n) is 5.48. The number of hydrogen-bond donors (Lipinski definition) is 2.